The molecule has 0 aliphatic carbocycles. The molecule has 0 atom stereocenters. The number of benzene rings is 2. The Bertz CT molecular complexity index is 863. The average molecular weight is 368 g/mol. The molecule has 2 aromatic carbocycles. The Morgan fingerprint density at radius 2 is 1.81 bits per heavy atom. The van der Waals surface area contributed by atoms with Crippen molar-refractivity contribution in [3.05, 3.63) is 47.5 Å². The Hall–Kier alpha value is -3.02. The maximum atomic E-state index is 12.6. The fourth-order valence-electron chi connectivity index (χ4n) is 3.28. The van der Waals surface area contributed by atoms with Crippen LogP contribution in [0.1, 0.15) is 35.2 Å². The summed E-state index contributed by atoms with van der Waals surface area (Å²) in [6.07, 6.45) is 2.56. The molecule has 1 aliphatic rings. The van der Waals surface area contributed by atoms with Crippen LogP contribution in [-0.4, -0.2) is 32.6 Å². The highest BCUT2D eigenvalue weighted by Crippen LogP contribution is 2.29. The standard InChI is InChI=1S/C21H24N2O4/c1-14-12-16(8-9-17(14)23-11-5-4-6-20(23)24)22-21(25)15-7-10-18(26-2)19(13-15)27-3/h7-10,12-13H,4-6,11H2,1-3H3,(H,22,25). The summed E-state index contributed by atoms with van der Waals surface area (Å²) in [5.74, 6) is 0.990. The van der Waals surface area contributed by atoms with Gasteiger partial charge in [-0.1, -0.05) is 0 Å². The Morgan fingerprint density at radius 1 is 1.04 bits per heavy atom. The van der Waals surface area contributed by atoms with Gasteiger partial charge in [0.05, 0.1) is 14.2 Å². The number of methoxy groups -OCH3 is 2. The lowest BCUT2D eigenvalue weighted by Gasteiger charge is -2.28. The Kier molecular flexibility index (Phi) is 5.64. The number of amides is 2. The number of carbonyl (C=O) groups excluding carboxylic acids is 2. The number of piperidine rings is 1. The highest BCUT2D eigenvalue weighted by molar-refractivity contribution is 6.05. The Labute approximate surface area is 159 Å². The first kappa shape index (κ1) is 18.8. The summed E-state index contributed by atoms with van der Waals surface area (Å²) in [7, 11) is 3.08. The molecule has 142 valence electrons. The zero-order chi connectivity index (χ0) is 19.4. The zero-order valence-electron chi connectivity index (χ0n) is 15.9. The van der Waals surface area contributed by atoms with E-state index in [1.807, 2.05) is 30.0 Å². The number of rotatable bonds is 5. The van der Waals surface area contributed by atoms with Gasteiger partial charge in [0, 0.05) is 29.9 Å². The predicted octanol–water partition coefficient (Wildman–Crippen LogP) is 3.78. The quantitative estimate of drug-likeness (QED) is 0.872. The number of nitrogens with zero attached hydrogens (tertiary/aromatic N) is 1. The van der Waals surface area contributed by atoms with Gasteiger partial charge in [0.25, 0.3) is 5.91 Å². The Balaban J connectivity index is 1.77. The first-order valence-corrected chi connectivity index (χ1v) is 8.98. The number of carbonyl (C=O) groups is 2. The molecule has 1 aliphatic heterocycles. The first-order chi connectivity index (χ1) is 13.0. The Morgan fingerprint density at radius 3 is 2.48 bits per heavy atom. The molecule has 6 nitrogen and oxygen atoms in total. The number of hydrogen-bond donors (Lipinski definition) is 1. The largest absolute Gasteiger partial charge is 0.493 e. The summed E-state index contributed by atoms with van der Waals surface area (Å²) in [6, 6.07) is 10.6. The topological polar surface area (TPSA) is 67.9 Å². The van der Waals surface area contributed by atoms with E-state index in [-0.39, 0.29) is 11.8 Å². The van der Waals surface area contributed by atoms with Crippen LogP contribution in [0.2, 0.25) is 0 Å². The van der Waals surface area contributed by atoms with Crippen molar-refractivity contribution in [2.24, 2.45) is 0 Å². The molecule has 2 aromatic rings. The van der Waals surface area contributed by atoms with Gasteiger partial charge < -0.3 is 19.7 Å². The van der Waals surface area contributed by atoms with E-state index in [1.54, 1.807) is 25.3 Å². The van der Waals surface area contributed by atoms with Crippen molar-refractivity contribution in [1.82, 2.24) is 0 Å². The van der Waals surface area contributed by atoms with Crippen LogP contribution in [0.3, 0.4) is 0 Å². The molecular weight excluding hydrogens is 344 g/mol. The monoisotopic (exact) mass is 368 g/mol. The lowest BCUT2D eigenvalue weighted by atomic mass is 10.1. The average Bonchev–Trinajstić information content (AvgIpc) is 2.68. The second-order valence-corrected chi connectivity index (χ2v) is 6.53. The molecule has 3 rings (SSSR count). The van der Waals surface area contributed by atoms with Gasteiger partial charge in [-0.15, -0.1) is 0 Å². The van der Waals surface area contributed by atoms with Gasteiger partial charge in [0.15, 0.2) is 11.5 Å². The molecule has 0 spiro atoms. The number of hydrogen-bond acceptors (Lipinski definition) is 4. The van der Waals surface area contributed by atoms with Gasteiger partial charge in [-0.2, -0.15) is 0 Å². The van der Waals surface area contributed by atoms with E-state index >= 15 is 0 Å². The van der Waals surface area contributed by atoms with Crippen molar-refractivity contribution in [3.63, 3.8) is 0 Å². The SMILES string of the molecule is COc1ccc(C(=O)Nc2ccc(N3CCCCC3=O)c(C)c2)cc1OC. The van der Waals surface area contributed by atoms with Gasteiger partial charge in [-0.25, -0.2) is 0 Å². The van der Waals surface area contributed by atoms with Crippen LogP contribution in [0.4, 0.5) is 11.4 Å². The van der Waals surface area contributed by atoms with Crippen molar-refractivity contribution in [1.29, 1.82) is 0 Å². The minimum absolute atomic E-state index is 0.159. The van der Waals surface area contributed by atoms with E-state index in [0.29, 0.717) is 29.2 Å². The molecule has 0 unspecified atom stereocenters. The van der Waals surface area contributed by atoms with Gasteiger partial charge in [-0.05, 0) is 61.7 Å². The van der Waals surface area contributed by atoms with Gasteiger partial charge >= 0.3 is 0 Å². The van der Waals surface area contributed by atoms with Crippen LogP contribution in [0.15, 0.2) is 36.4 Å². The maximum Gasteiger partial charge on any atom is 0.255 e. The third-order valence-corrected chi connectivity index (χ3v) is 4.71. The van der Waals surface area contributed by atoms with Crippen molar-refractivity contribution in [3.8, 4) is 11.5 Å². The van der Waals surface area contributed by atoms with E-state index in [0.717, 1.165) is 30.6 Å². The third-order valence-electron chi connectivity index (χ3n) is 4.71. The van der Waals surface area contributed by atoms with Crippen LogP contribution in [0, 0.1) is 6.92 Å². The molecule has 1 heterocycles. The van der Waals surface area contributed by atoms with E-state index in [2.05, 4.69) is 5.32 Å². The molecule has 0 radical (unpaired) electrons. The maximum absolute atomic E-state index is 12.6. The number of ether oxygens (including phenoxy) is 2. The van der Waals surface area contributed by atoms with Crippen LogP contribution in [0.5, 0.6) is 11.5 Å². The smallest absolute Gasteiger partial charge is 0.255 e. The fourth-order valence-corrected chi connectivity index (χ4v) is 3.28. The number of anilines is 2. The van der Waals surface area contributed by atoms with Gasteiger partial charge in [0.1, 0.15) is 0 Å². The summed E-state index contributed by atoms with van der Waals surface area (Å²) in [4.78, 5) is 26.5. The fraction of sp³-hybridized carbons (Fsp3) is 0.333. The normalized spacial score (nSPS) is 14.0. The molecule has 0 saturated carbocycles. The second-order valence-electron chi connectivity index (χ2n) is 6.53. The third kappa shape index (κ3) is 4.05. The zero-order valence-corrected chi connectivity index (χ0v) is 15.9. The van der Waals surface area contributed by atoms with Crippen LogP contribution in [0.25, 0.3) is 0 Å². The number of nitrogens with one attached hydrogen (secondary N) is 1. The summed E-state index contributed by atoms with van der Waals surface area (Å²) < 4.78 is 10.4. The van der Waals surface area contributed by atoms with E-state index in [1.165, 1.54) is 7.11 Å². The molecule has 1 N–H and O–H groups in total. The van der Waals surface area contributed by atoms with E-state index < -0.39 is 0 Å². The molecule has 6 heteroatoms. The molecule has 0 aromatic heterocycles. The summed E-state index contributed by atoms with van der Waals surface area (Å²) in [5, 5.41) is 2.89. The summed E-state index contributed by atoms with van der Waals surface area (Å²) in [6.45, 7) is 2.69. The molecule has 27 heavy (non-hydrogen) atoms. The van der Waals surface area contributed by atoms with Crippen molar-refractivity contribution < 1.29 is 19.1 Å². The minimum atomic E-state index is -0.239. The van der Waals surface area contributed by atoms with Crippen LogP contribution >= 0.6 is 0 Å². The summed E-state index contributed by atoms with van der Waals surface area (Å²) >= 11 is 0. The van der Waals surface area contributed by atoms with E-state index in [4.69, 9.17) is 9.47 Å². The molecule has 0 bridgehead atoms. The molecular formula is C21H24N2O4. The van der Waals surface area contributed by atoms with Crippen LogP contribution < -0.4 is 19.7 Å². The van der Waals surface area contributed by atoms with Crippen molar-refractivity contribution >= 4 is 23.2 Å². The number of aryl methyl sites for hydroxylation is 1. The minimum Gasteiger partial charge on any atom is -0.493 e. The molecule has 1 fully saturated rings. The van der Waals surface area contributed by atoms with Crippen LogP contribution in [-0.2, 0) is 4.79 Å². The van der Waals surface area contributed by atoms with Crippen molar-refractivity contribution in [2.45, 2.75) is 26.2 Å². The molecule has 1 saturated heterocycles. The predicted molar refractivity (Wildman–Crippen MR) is 105 cm³/mol. The highest BCUT2D eigenvalue weighted by Gasteiger charge is 2.21. The van der Waals surface area contributed by atoms with E-state index in [9.17, 15) is 9.59 Å². The summed E-state index contributed by atoms with van der Waals surface area (Å²) in [5.41, 5.74) is 3.01. The first-order valence-electron chi connectivity index (χ1n) is 8.98. The van der Waals surface area contributed by atoms with Gasteiger partial charge in [-0.3, -0.25) is 9.59 Å². The lowest BCUT2D eigenvalue weighted by molar-refractivity contribution is -0.119. The second kappa shape index (κ2) is 8.12. The lowest BCUT2D eigenvalue weighted by Crippen LogP contribution is -2.35. The van der Waals surface area contributed by atoms with Gasteiger partial charge in [0.2, 0.25) is 5.91 Å². The van der Waals surface area contributed by atoms with Crippen molar-refractivity contribution in [2.75, 3.05) is 31.0 Å². The molecule has 2 amide bonds. The highest BCUT2D eigenvalue weighted by atomic mass is 16.5.